The van der Waals surface area contributed by atoms with Crippen LogP contribution < -0.4 is 5.32 Å². The van der Waals surface area contributed by atoms with Crippen LogP contribution in [-0.4, -0.2) is 47.0 Å². The van der Waals surface area contributed by atoms with E-state index in [1.54, 1.807) is 0 Å². The normalized spacial score (nSPS) is 32.9. The Balaban J connectivity index is 1.81. The van der Waals surface area contributed by atoms with Crippen LogP contribution in [0.1, 0.15) is 46.5 Å². The summed E-state index contributed by atoms with van der Waals surface area (Å²) in [6.45, 7) is 10.5. The van der Waals surface area contributed by atoms with Crippen molar-refractivity contribution in [2.45, 2.75) is 58.0 Å². The number of aliphatic imine (C=N–C) groups is 1. The minimum atomic E-state index is 0.270. The quantitative estimate of drug-likeness (QED) is 0.850. The van der Waals surface area contributed by atoms with Crippen LogP contribution in [-0.2, 0) is 0 Å². The molecular weight excluding hydrogens is 242 g/mol. The van der Waals surface area contributed by atoms with Gasteiger partial charge in [-0.3, -0.25) is 4.99 Å². The second-order valence-corrected chi connectivity index (χ2v) is 6.80. The summed E-state index contributed by atoms with van der Waals surface area (Å²) in [6, 6.07) is 0.548. The zero-order chi connectivity index (χ0) is 13.0. The van der Waals surface area contributed by atoms with Gasteiger partial charge in [0.1, 0.15) is 0 Å². The Morgan fingerprint density at radius 2 is 2.11 bits per heavy atom. The van der Waals surface area contributed by atoms with E-state index in [0.717, 1.165) is 5.75 Å². The predicted molar refractivity (Wildman–Crippen MR) is 81.5 cm³/mol. The smallest absolute Gasteiger partial charge is 0.157 e. The molecule has 0 radical (unpaired) electrons. The lowest BCUT2D eigenvalue weighted by Gasteiger charge is -2.30. The number of nitrogens with zero attached hydrogens (tertiary/aromatic N) is 2. The Hall–Kier alpha value is -0.220. The minimum Gasteiger partial charge on any atom is -0.359 e. The van der Waals surface area contributed by atoms with Crippen LogP contribution in [0.3, 0.4) is 0 Å². The molecule has 3 nitrogen and oxygen atoms in total. The van der Waals surface area contributed by atoms with Crippen molar-refractivity contribution in [2.24, 2.45) is 4.99 Å². The summed E-state index contributed by atoms with van der Waals surface area (Å²) in [5, 5.41) is 4.79. The van der Waals surface area contributed by atoms with Crippen LogP contribution in [0.5, 0.6) is 0 Å². The first-order chi connectivity index (χ1) is 8.65. The Kier molecular flexibility index (Phi) is 4.96. The highest BCUT2D eigenvalue weighted by Crippen LogP contribution is 2.27. The van der Waals surface area contributed by atoms with Crippen molar-refractivity contribution >= 4 is 16.9 Å². The van der Waals surface area contributed by atoms with Gasteiger partial charge in [0.15, 0.2) is 5.17 Å². The number of hydrogen-bond acceptors (Lipinski definition) is 3. The molecule has 1 unspecified atom stereocenters. The van der Waals surface area contributed by atoms with E-state index in [9.17, 15) is 0 Å². The summed E-state index contributed by atoms with van der Waals surface area (Å²) in [5.74, 6) is 1.16. The summed E-state index contributed by atoms with van der Waals surface area (Å²) in [5.41, 5.74) is 0.270. The molecule has 0 saturated carbocycles. The number of nitrogens with one attached hydrogen (secondary N) is 1. The number of rotatable bonds is 4. The molecule has 2 aliphatic heterocycles. The zero-order valence-electron chi connectivity index (χ0n) is 12.0. The van der Waals surface area contributed by atoms with Gasteiger partial charge in [0.2, 0.25) is 0 Å². The molecule has 104 valence electrons. The van der Waals surface area contributed by atoms with E-state index in [1.165, 1.54) is 50.5 Å². The molecule has 4 heteroatoms. The maximum atomic E-state index is 4.91. The van der Waals surface area contributed by atoms with Crippen LogP contribution in [0, 0.1) is 0 Å². The van der Waals surface area contributed by atoms with Crippen molar-refractivity contribution in [3.8, 4) is 0 Å². The van der Waals surface area contributed by atoms with Crippen molar-refractivity contribution in [2.75, 3.05) is 25.4 Å². The van der Waals surface area contributed by atoms with E-state index in [4.69, 9.17) is 4.99 Å². The SMILES string of the molecule is CCCN1CCC(N=C2NC(C)(CC)CS2)CC1. The average molecular weight is 269 g/mol. The summed E-state index contributed by atoms with van der Waals surface area (Å²) >= 11 is 1.90. The van der Waals surface area contributed by atoms with Gasteiger partial charge < -0.3 is 10.2 Å². The minimum absolute atomic E-state index is 0.270. The second kappa shape index (κ2) is 6.29. The molecule has 18 heavy (non-hydrogen) atoms. The lowest BCUT2D eigenvalue weighted by Crippen LogP contribution is -2.40. The summed E-state index contributed by atoms with van der Waals surface area (Å²) < 4.78 is 0. The number of thioether (sulfide) groups is 1. The second-order valence-electron chi connectivity index (χ2n) is 5.83. The summed E-state index contributed by atoms with van der Waals surface area (Å²) in [6.07, 6.45) is 4.91. The van der Waals surface area contributed by atoms with Crippen molar-refractivity contribution in [1.82, 2.24) is 10.2 Å². The van der Waals surface area contributed by atoms with Gasteiger partial charge >= 0.3 is 0 Å². The first-order valence-corrected chi connectivity index (χ1v) is 8.35. The van der Waals surface area contributed by atoms with E-state index >= 15 is 0 Å². The van der Waals surface area contributed by atoms with Gasteiger partial charge in [-0.1, -0.05) is 25.6 Å². The first-order valence-electron chi connectivity index (χ1n) is 7.36. The Labute approximate surface area is 116 Å². The molecule has 1 atom stereocenters. The summed E-state index contributed by atoms with van der Waals surface area (Å²) in [4.78, 5) is 7.49. The van der Waals surface area contributed by atoms with Crippen LogP contribution in [0.15, 0.2) is 4.99 Å². The fourth-order valence-corrected chi connectivity index (χ4v) is 3.85. The summed E-state index contributed by atoms with van der Waals surface area (Å²) in [7, 11) is 0. The van der Waals surface area contributed by atoms with Crippen LogP contribution in [0.4, 0.5) is 0 Å². The van der Waals surface area contributed by atoms with Gasteiger partial charge in [-0.15, -0.1) is 0 Å². The molecule has 1 N–H and O–H groups in total. The van der Waals surface area contributed by atoms with Gasteiger partial charge in [-0.25, -0.2) is 0 Å². The fourth-order valence-electron chi connectivity index (χ4n) is 2.57. The van der Waals surface area contributed by atoms with E-state index in [-0.39, 0.29) is 5.54 Å². The first kappa shape index (κ1) is 14.2. The highest BCUT2D eigenvalue weighted by atomic mass is 32.2. The van der Waals surface area contributed by atoms with Gasteiger partial charge in [-0.05, 0) is 39.2 Å². The molecule has 2 rings (SSSR count). The van der Waals surface area contributed by atoms with E-state index in [1.807, 2.05) is 11.8 Å². The Morgan fingerprint density at radius 3 is 2.67 bits per heavy atom. The van der Waals surface area contributed by atoms with Gasteiger partial charge in [0.05, 0.1) is 6.04 Å². The Morgan fingerprint density at radius 1 is 1.39 bits per heavy atom. The van der Waals surface area contributed by atoms with Crippen molar-refractivity contribution in [3.05, 3.63) is 0 Å². The number of piperidine rings is 1. The fraction of sp³-hybridized carbons (Fsp3) is 0.929. The van der Waals surface area contributed by atoms with E-state index in [0.29, 0.717) is 6.04 Å². The molecule has 0 bridgehead atoms. The molecule has 2 saturated heterocycles. The van der Waals surface area contributed by atoms with Crippen LogP contribution in [0.2, 0.25) is 0 Å². The molecule has 0 aromatic heterocycles. The molecule has 2 aliphatic rings. The van der Waals surface area contributed by atoms with E-state index in [2.05, 4.69) is 31.0 Å². The van der Waals surface area contributed by atoms with Crippen LogP contribution in [0.25, 0.3) is 0 Å². The van der Waals surface area contributed by atoms with Crippen LogP contribution >= 0.6 is 11.8 Å². The van der Waals surface area contributed by atoms with Crippen molar-refractivity contribution < 1.29 is 0 Å². The van der Waals surface area contributed by atoms with Gasteiger partial charge in [0, 0.05) is 24.4 Å². The lowest BCUT2D eigenvalue weighted by molar-refractivity contribution is 0.214. The van der Waals surface area contributed by atoms with Crippen molar-refractivity contribution in [1.29, 1.82) is 0 Å². The maximum absolute atomic E-state index is 4.91. The molecule has 0 aromatic carbocycles. The number of hydrogen-bond donors (Lipinski definition) is 1. The molecule has 0 aliphatic carbocycles. The number of likely N-dealkylation sites (tertiary alicyclic amines) is 1. The lowest BCUT2D eigenvalue weighted by atomic mass is 10.0. The standard InChI is InChI=1S/C14H27N3S/c1-4-8-17-9-6-12(7-10-17)15-13-16-14(3,5-2)11-18-13/h12H,4-11H2,1-3H3,(H,15,16). The topological polar surface area (TPSA) is 27.6 Å². The number of amidine groups is 1. The monoisotopic (exact) mass is 269 g/mol. The van der Waals surface area contributed by atoms with Crippen molar-refractivity contribution in [3.63, 3.8) is 0 Å². The highest BCUT2D eigenvalue weighted by Gasteiger charge is 2.31. The zero-order valence-corrected chi connectivity index (χ0v) is 12.9. The van der Waals surface area contributed by atoms with E-state index < -0.39 is 0 Å². The third-order valence-electron chi connectivity index (χ3n) is 4.11. The third kappa shape index (κ3) is 3.64. The van der Waals surface area contributed by atoms with Gasteiger partial charge in [-0.2, -0.15) is 0 Å². The predicted octanol–water partition coefficient (Wildman–Crippen LogP) is 2.72. The maximum Gasteiger partial charge on any atom is 0.157 e. The molecular formula is C14H27N3S. The largest absolute Gasteiger partial charge is 0.359 e. The highest BCUT2D eigenvalue weighted by molar-refractivity contribution is 8.14. The Bertz CT molecular complexity index is 297. The molecule has 0 aromatic rings. The van der Waals surface area contributed by atoms with Gasteiger partial charge in [0.25, 0.3) is 0 Å². The molecule has 0 amide bonds. The third-order valence-corrected chi connectivity index (χ3v) is 5.38. The molecule has 2 heterocycles. The average Bonchev–Trinajstić information content (AvgIpc) is 2.75. The molecule has 0 spiro atoms. The molecule has 2 fully saturated rings.